The topological polar surface area (TPSA) is 77.3 Å². The molecule has 0 radical (unpaired) electrons. The lowest BCUT2D eigenvalue weighted by Gasteiger charge is -2.12. The van der Waals surface area contributed by atoms with Gasteiger partial charge in [0.05, 0.1) is 25.3 Å². The number of ether oxygens (including phenoxy) is 2. The summed E-state index contributed by atoms with van der Waals surface area (Å²) < 4.78 is 11.5. The third kappa shape index (κ3) is 2.66. The van der Waals surface area contributed by atoms with Crippen molar-refractivity contribution in [3.05, 3.63) is 46.6 Å². The Morgan fingerprint density at radius 2 is 1.96 bits per heavy atom. The fraction of sp³-hybridized carbons (Fsp3) is 0.118. The van der Waals surface area contributed by atoms with Crippen LogP contribution in [0.4, 0.5) is 0 Å². The number of hydrogen-bond donors (Lipinski definition) is 2. The van der Waals surface area contributed by atoms with Gasteiger partial charge in [0.2, 0.25) is 0 Å². The Bertz CT molecular complexity index is 902. The van der Waals surface area contributed by atoms with Crippen molar-refractivity contribution in [2.24, 2.45) is 5.73 Å². The van der Waals surface area contributed by atoms with Gasteiger partial charge in [-0.15, -0.1) is 0 Å². The minimum atomic E-state index is -0.487. The molecular weight excluding hydrogens is 360 g/mol. The van der Waals surface area contributed by atoms with E-state index in [9.17, 15) is 4.79 Å². The van der Waals surface area contributed by atoms with E-state index in [0.717, 1.165) is 21.0 Å². The van der Waals surface area contributed by atoms with Crippen molar-refractivity contribution in [1.82, 2.24) is 4.98 Å². The van der Waals surface area contributed by atoms with Gasteiger partial charge in [0.1, 0.15) is 11.5 Å². The summed E-state index contributed by atoms with van der Waals surface area (Å²) in [4.78, 5) is 14.9. The number of aromatic amines is 1. The monoisotopic (exact) mass is 374 g/mol. The van der Waals surface area contributed by atoms with Gasteiger partial charge in [0.15, 0.2) is 0 Å². The lowest BCUT2D eigenvalue weighted by atomic mass is 9.99. The molecule has 0 unspecified atom stereocenters. The van der Waals surface area contributed by atoms with Gasteiger partial charge in [-0.25, -0.2) is 0 Å². The highest BCUT2D eigenvalue weighted by atomic mass is 79.9. The SMILES string of the molecule is COc1ccc(-c2cc(C(N)=O)c3[nH]cc(Br)c3c2)c(OC)c1. The summed E-state index contributed by atoms with van der Waals surface area (Å²) in [6.07, 6.45) is 1.78. The standard InChI is InChI=1S/C17H15BrN2O3/c1-22-10-3-4-11(15(7-10)23-2)9-5-12-14(18)8-20-16(12)13(6-9)17(19)21/h3-8,20H,1-2H3,(H2,19,21). The molecule has 1 aromatic heterocycles. The molecule has 0 aliphatic heterocycles. The van der Waals surface area contributed by atoms with Crippen molar-refractivity contribution in [2.45, 2.75) is 0 Å². The van der Waals surface area contributed by atoms with Crippen LogP contribution in [0.15, 0.2) is 41.0 Å². The van der Waals surface area contributed by atoms with Gasteiger partial charge < -0.3 is 20.2 Å². The van der Waals surface area contributed by atoms with E-state index >= 15 is 0 Å². The molecule has 3 aromatic rings. The van der Waals surface area contributed by atoms with E-state index in [2.05, 4.69) is 20.9 Å². The van der Waals surface area contributed by atoms with Gasteiger partial charge in [0, 0.05) is 27.7 Å². The highest BCUT2D eigenvalue weighted by Gasteiger charge is 2.15. The first-order valence-corrected chi connectivity index (χ1v) is 7.67. The third-order valence-electron chi connectivity index (χ3n) is 3.72. The first-order valence-electron chi connectivity index (χ1n) is 6.88. The van der Waals surface area contributed by atoms with Crippen LogP contribution in [0.5, 0.6) is 11.5 Å². The van der Waals surface area contributed by atoms with E-state index in [-0.39, 0.29) is 0 Å². The predicted octanol–water partition coefficient (Wildman–Crippen LogP) is 3.71. The van der Waals surface area contributed by atoms with Crippen molar-refractivity contribution in [1.29, 1.82) is 0 Å². The summed E-state index contributed by atoms with van der Waals surface area (Å²) in [5, 5.41) is 0.883. The molecule has 2 aromatic carbocycles. The second-order valence-corrected chi connectivity index (χ2v) is 5.87. The molecule has 1 heterocycles. The van der Waals surface area contributed by atoms with Crippen LogP contribution in [0.25, 0.3) is 22.0 Å². The van der Waals surface area contributed by atoms with Crippen LogP contribution in [0.1, 0.15) is 10.4 Å². The zero-order valence-electron chi connectivity index (χ0n) is 12.6. The van der Waals surface area contributed by atoms with E-state index in [1.807, 2.05) is 18.2 Å². The highest BCUT2D eigenvalue weighted by molar-refractivity contribution is 9.10. The van der Waals surface area contributed by atoms with Crippen LogP contribution < -0.4 is 15.2 Å². The number of carbonyl (C=O) groups is 1. The molecule has 0 bridgehead atoms. The number of carbonyl (C=O) groups excluding carboxylic acids is 1. The number of halogens is 1. The Morgan fingerprint density at radius 3 is 2.61 bits per heavy atom. The number of H-pyrrole nitrogens is 1. The maximum Gasteiger partial charge on any atom is 0.250 e. The van der Waals surface area contributed by atoms with Gasteiger partial charge in [0.25, 0.3) is 5.91 Å². The predicted molar refractivity (Wildman–Crippen MR) is 93.1 cm³/mol. The normalized spacial score (nSPS) is 10.7. The van der Waals surface area contributed by atoms with Crippen LogP contribution in [-0.4, -0.2) is 25.1 Å². The number of hydrogen-bond acceptors (Lipinski definition) is 3. The van der Waals surface area contributed by atoms with Gasteiger partial charge in [-0.05, 0) is 45.8 Å². The number of rotatable bonds is 4. The molecule has 3 N–H and O–H groups in total. The summed E-state index contributed by atoms with van der Waals surface area (Å²) >= 11 is 3.48. The molecule has 23 heavy (non-hydrogen) atoms. The molecule has 1 amide bonds. The maximum absolute atomic E-state index is 11.8. The van der Waals surface area contributed by atoms with Crippen molar-refractivity contribution in [2.75, 3.05) is 14.2 Å². The Morgan fingerprint density at radius 1 is 1.17 bits per heavy atom. The fourth-order valence-corrected chi connectivity index (χ4v) is 3.01. The molecule has 0 spiro atoms. The highest BCUT2D eigenvalue weighted by Crippen LogP contribution is 2.37. The molecule has 6 heteroatoms. The summed E-state index contributed by atoms with van der Waals surface area (Å²) in [5.74, 6) is 0.870. The number of nitrogens with two attached hydrogens (primary N) is 1. The molecule has 0 saturated heterocycles. The first-order chi connectivity index (χ1) is 11.0. The second kappa shape index (κ2) is 5.96. The molecule has 3 rings (SSSR count). The van der Waals surface area contributed by atoms with Gasteiger partial charge in [-0.2, -0.15) is 0 Å². The summed E-state index contributed by atoms with van der Waals surface area (Å²) in [7, 11) is 3.20. The molecule has 0 fully saturated rings. The van der Waals surface area contributed by atoms with E-state index in [0.29, 0.717) is 22.6 Å². The second-order valence-electron chi connectivity index (χ2n) is 5.01. The number of methoxy groups -OCH3 is 2. The number of fused-ring (bicyclic) bond motifs is 1. The molecule has 0 atom stereocenters. The van der Waals surface area contributed by atoms with Crippen molar-refractivity contribution in [3.8, 4) is 22.6 Å². The quantitative estimate of drug-likeness (QED) is 0.730. The molecule has 0 saturated carbocycles. The van der Waals surface area contributed by atoms with Crippen molar-refractivity contribution < 1.29 is 14.3 Å². The zero-order chi connectivity index (χ0) is 16.6. The Kier molecular flexibility index (Phi) is 4.00. The van der Waals surface area contributed by atoms with E-state index in [4.69, 9.17) is 15.2 Å². The number of primary amides is 1. The minimum absolute atomic E-state index is 0.432. The Labute approximate surface area is 141 Å². The van der Waals surface area contributed by atoms with Crippen LogP contribution in [0, 0.1) is 0 Å². The lowest BCUT2D eigenvalue weighted by Crippen LogP contribution is -2.11. The zero-order valence-corrected chi connectivity index (χ0v) is 14.2. The van der Waals surface area contributed by atoms with Crippen LogP contribution >= 0.6 is 15.9 Å². The van der Waals surface area contributed by atoms with E-state index < -0.39 is 5.91 Å². The van der Waals surface area contributed by atoms with Crippen molar-refractivity contribution >= 4 is 32.7 Å². The van der Waals surface area contributed by atoms with E-state index in [1.54, 1.807) is 32.5 Å². The Balaban J connectivity index is 2.28. The van der Waals surface area contributed by atoms with Gasteiger partial charge >= 0.3 is 0 Å². The smallest absolute Gasteiger partial charge is 0.250 e. The largest absolute Gasteiger partial charge is 0.497 e. The summed E-state index contributed by atoms with van der Waals surface area (Å²) in [5.41, 5.74) is 8.36. The molecule has 0 aliphatic carbocycles. The third-order valence-corrected chi connectivity index (χ3v) is 4.38. The minimum Gasteiger partial charge on any atom is -0.497 e. The number of nitrogens with one attached hydrogen (secondary N) is 1. The summed E-state index contributed by atoms with van der Waals surface area (Å²) in [6.45, 7) is 0. The van der Waals surface area contributed by atoms with Gasteiger partial charge in [-0.3, -0.25) is 4.79 Å². The summed E-state index contributed by atoms with van der Waals surface area (Å²) in [6, 6.07) is 9.28. The number of amides is 1. The van der Waals surface area contributed by atoms with Crippen molar-refractivity contribution in [3.63, 3.8) is 0 Å². The van der Waals surface area contributed by atoms with Gasteiger partial charge in [-0.1, -0.05) is 0 Å². The van der Waals surface area contributed by atoms with Crippen LogP contribution in [-0.2, 0) is 0 Å². The van der Waals surface area contributed by atoms with Crippen LogP contribution in [0.2, 0.25) is 0 Å². The Hall–Kier alpha value is -2.47. The lowest BCUT2D eigenvalue weighted by molar-refractivity contribution is 0.100. The number of benzene rings is 2. The number of aromatic nitrogens is 1. The maximum atomic E-state index is 11.8. The first kappa shape index (κ1) is 15.4. The molecule has 0 aliphatic rings. The molecular formula is C17H15BrN2O3. The average Bonchev–Trinajstić information content (AvgIpc) is 2.94. The van der Waals surface area contributed by atoms with Crippen LogP contribution in [0.3, 0.4) is 0 Å². The fourth-order valence-electron chi connectivity index (χ4n) is 2.59. The van der Waals surface area contributed by atoms with E-state index in [1.165, 1.54) is 0 Å². The molecule has 118 valence electrons. The molecule has 5 nitrogen and oxygen atoms in total. The average molecular weight is 375 g/mol.